The molecular formula is C19H25N3O3S. The zero-order valence-corrected chi connectivity index (χ0v) is 16.3. The molecule has 0 spiro atoms. The first-order valence-electron chi connectivity index (χ1n) is 8.89. The van der Waals surface area contributed by atoms with Gasteiger partial charge in [0.15, 0.2) is 11.5 Å². The summed E-state index contributed by atoms with van der Waals surface area (Å²) in [6, 6.07) is 5.81. The third-order valence-corrected chi connectivity index (χ3v) is 5.92. The fourth-order valence-electron chi connectivity index (χ4n) is 3.65. The molecule has 1 aromatic heterocycles. The van der Waals surface area contributed by atoms with E-state index in [1.54, 1.807) is 25.6 Å². The maximum absolute atomic E-state index is 13.1. The Morgan fingerprint density at radius 3 is 2.54 bits per heavy atom. The maximum atomic E-state index is 13.1. The number of aromatic nitrogens is 2. The van der Waals surface area contributed by atoms with E-state index in [0.29, 0.717) is 24.5 Å². The van der Waals surface area contributed by atoms with Crippen molar-refractivity contribution in [2.45, 2.75) is 44.4 Å². The minimum atomic E-state index is -0.489. The van der Waals surface area contributed by atoms with Gasteiger partial charge in [-0.25, -0.2) is 0 Å². The molecule has 7 heteroatoms. The summed E-state index contributed by atoms with van der Waals surface area (Å²) in [5.41, 5.74) is 0.508. The number of hydrogen-bond donors (Lipinski definition) is 1. The van der Waals surface area contributed by atoms with E-state index in [-0.39, 0.29) is 5.91 Å². The number of nitrogens with one attached hydrogen (secondary N) is 1. The summed E-state index contributed by atoms with van der Waals surface area (Å²) in [6.45, 7) is 2.51. The number of amides is 1. The number of hydrogen-bond acceptors (Lipinski definition) is 6. The van der Waals surface area contributed by atoms with Gasteiger partial charge in [0.05, 0.1) is 19.6 Å². The van der Waals surface area contributed by atoms with Crippen LogP contribution in [-0.2, 0) is 16.6 Å². The predicted octanol–water partition coefficient (Wildman–Crippen LogP) is 3.03. The summed E-state index contributed by atoms with van der Waals surface area (Å²) in [5.74, 6) is 1.42. The van der Waals surface area contributed by atoms with Crippen LogP contribution >= 0.6 is 11.3 Å². The number of carbonyl (C=O) groups excluding carboxylic acids is 1. The Balaban J connectivity index is 1.75. The maximum Gasteiger partial charge on any atom is 0.230 e. The first-order valence-corrected chi connectivity index (χ1v) is 9.70. The van der Waals surface area contributed by atoms with Gasteiger partial charge in [-0.3, -0.25) is 4.79 Å². The number of methoxy groups -OCH3 is 2. The Labute approximate surface area is 157 Å². The average molecular weight is 375 g/mol. The third kappa shape index (κ3) is 3.67. The monoisotopic (exact) mass is 375 g/mol. The van der Waals surface area contributed by atoms with E-state index in [4.69, 9.17) is 9.47 Å². The molecule has 1 aliphatic carbocycles. The molecule has 2 aromatic rings. The Kier molecular flexibility index (Phi) is 5.76. The molecule has 1 saturated carbocycles. The minimum Gasteiger partial charge on any atom is -0.493 e. The van der Waals surface area contributed by atoms with Crippen LogP contribution in [0.25, 0.3) is 0 Å². The highest BCUT2D eigenvalue weighted by Crippen LogP contribution is 2.43. The number of nitrogens with zero attached hydrogens (tertiary/aromatic N) is 2. The van der Waals surface area contributed by atoms with Crippen LogP contribution in [0.4, 0.5) is 0 Å². The molecule has 140 valence electrons. The molecular weight excluding hydrogens is 350 g/mol. The molecule has 1 heterocycles. The molecule has 1 aromatic carbocycles. The summed E-state index contributed by atoms with van der Waals surface area (Å²) in [5, 5.41) is 13.1. The number of carbonyl (C=O) groups is 1. The second-order valence-corrected chi connectivity index (χ2v) is 7.85. The molecule has 0 bridgehead atoms. The first kappa shape index (κ1) is 18.6. The highest BCUT2D eigenvalue weighted by molar-refractivity contribution is 7.11. The third-order valence-electron chi connectivity index (χ3n) is 5.02. The van der Waals surface area contributed by atoms with Gasteiger partial charge in [-0.15, -0.1) is 21.5 Å². The number of aryl methyl sites for hydroxylation is 1. The average Bonchev–Trinajstić information content (AvgIpc) is 3.31. The normalized spacial score (nSPS) is 15.7. The van der Waals surface area contributed by atoms with Crippen LogP contribution in [0.1, 0.15) is 41.3 Å². The molecule has 6 nitrogen and oxygen atoms in total. The van der Waals surface area contributed by atoms with E-state index >= 15 is 0 Å². The number of ether oxygens (including phenoxy) is 2. The Bertz CT molecular complexity index is 769. The molecule has 1 aliphatic rings. The largest absolute Gasteiger partial charge is 0.493 e. The van der Waals surface area contributed by atoms with Crippen molar-refractivity contribution in [1.82, 2.24) is 15.5 Å². The molecule has 1 fully saturated rings. The Morgan fingerprint density at radius 2 is 1.92 bits per heavy atom. The summed E-state index contributed by atoms with van der Waals surface area (Å²) in [7, 11) is 3.23. The summed E-state index contributed by atoms with van der Waals surface area (Å²) in [6.07, 6.45) is 4.52. The molecule has 0 radical (unpaired) electrons. The van der Waals surface area contributed by atoms with Crippen LogP contribution < -0.4 is 14.8 Å². The van der Waals surface area contributed by atoms with Gasteiger partial charge < -0.3 is 14.8 Å². The lowest BCUT2D eigenvalue weighted by Crippen LogP contribution is -2.43. The fourth-order valence-corrected chi connectivity index (χ4v) is 4.36. The van der Waals surface area contributed by atoms with Gasteiger partial charge in [0.25, 0.3) is 0 Å². The zero-order valence-electron chi connectivity index (χ0n) is 15.5. The molecule has 1 amide bonds. The highest BCUT2D eigenvalue weighted by atomic mass is 32.1. The molecule has 0 unspecified atom stereocenters. The highest BCUT2D eigenvalue weighted by Gasteiger charge is 2.42. The zero-order chi connectivity index (χ0) is 18.6. The van der Waals surface area contributed by atoms with Crippen molar-refractivity contribution in [2.24, 2.45) is 0 Å². The van der Waals surface area contributed by atoms with Crippen LogP contribution in [0.5, 0.6) is 11.5 Å². The van der Waals surface area contributed by atoms with Gasteiger partial charge >= 0.3 is 0 Å². The van der Waals surface area contributed by atoms with Crippen molar-refractivity contribution in [2.75, 3.05) is 20.8 Å². The smallest absolute Gasteiger partial charge is 0.230 e. The lowest BCUT2D eigenvalue weighted by Gasteiger charge is -2.29. The van der Waals surface area contributed by atoms with Crippen LogP contribution in [0.3, 0.4) is 0 Å². The summed E-state index contributed by atoms with van der Waals surface area (Å²) < 4.78 is 10.8. The van der Waals surface area contributed by atoms with Crippen molar-refractivity contribution >= 4 is 17.2 Å². The molecule has 0 aliphatic heterocycles. The molecule has 0 saturated heterocycles. The van der Waals surface area contributed by atoms with Crippen molar-refractivity contribution in [3.63, 3.8) is 0 Å². The van der Waals surface area contributed by atoms with Gasteiger partial charge in [0.2, 0.25) is 5.91 Å². The lowest BCUT2D eigenvalue weighted by atomic mass is 9.77. The quantitative estimate of drug-likeness (QED) is 0.805. The van der Waals surface area contributed by atoms with Crippen LogP contribution in [0.2, 0.25) is 0 Å². The Hall–Kier alpha value is -2.15. The van der Waals surface area contributed by atoms with Crippen LogP contribution in [0, 0.1) is 6.92 Å². The second kappa shape index (κ2) is 8.03. The van der Waals surface area contributed by atoms with Gasteiger partial charge in [-0.2, -0.15) is 0 Å². The van der Waals surface area contributed by atoms with E-state index < -0.39 is 5.41 Å². The minimum absolute atomic E-state index is 0.0865. The van der Waals surface area contributed by atoms with Crippen molar-refractivity contribution in [3.8, 4) is 11.5 Å². The summed E-state index contributed by atoms with van der Waals surface area (Å²) >= 11 is 1.57. The predicted molar refractivity (Wildman–Crippen MR) is 101 cm³/mol. The van der Waals surface area contributed by atoms with Gasteiger partial charge in [-0.05, 0) is 37.5 Å². The van der Waals surface area contributed by atoms with Crippen molar-refractivity contribution in [1.29, 1.82) is 0 Å². The van der Waals surface area contributed by atoms with E-state index in [0.717, 1.165) is 41.3 Å². The van der Waals surface area contributed by atoms with E-state index in [1.165, 1.54) is 0 Å². The number of rotatable bonds is 7. The first-order chi connectivity index (χ1) is 12.6. The van der Waals surface area contributed by atoms with E-state index in [1.807, 2.05) is 25.1 Å². The molecule has 1 N–H and O–H groups in total. The Morgan fingerprint density at radius 1 is 1.19 bits per heavy atom. The number of benzene rings is 1. The van der Waals surface area contributed by atoms with Crippen molar-refractivity contribution in [3.05, 3.63) is 33.8 Å². The summed E-state index contributed by atoms with van der Waals surface area (Å²) in [4.78, 5) is 13.1. The van der Waals surface area contributed by atoms with E-state index in [9.17, 15) is 4.79 Å². The lowest BCUT2D eigenvalue weighted by molar-refractivity contribution is -0.126. The van der Waals surface area contributed by atoms with E-state index in [2.05, 4.69) is 15.5 Å². The van der Waals surface area contributed by atoms with Crippen LogP contribution in [0.15, 0.2) is 18.2 Å². The fraction of sp³-hybridized carbons (Fsp3) is 0.526. The second-order valence-electron chi connectivity index (χ2n) is 6.58. The topological polar surface area (TPSA) is 73.3 Å². The molecule has 0 atom stereocenters. The molecule has 26 heavy (non-hydrogen) atoms. The van der Waals surface area contributed by atoms with Gasteiger partial charge in [0.1, 0.15) is 10.0 Å². The SMILES string of the molecule is COc1ccc(C2(C(=O)NCCc3nnc(C)s3)CCCC2)cc1OC. The molecule has 3 rings (SSSR count). The standard InChI is InChI=1S/C19H25N3O3S/c1-13-21-22-17(26-13)8-11-20-18(23)19(9-4-5-10-19)14-6-7-15(24-2)16(12-14)25-3/h6-7,12H,4-5,8-11H2,1-3H3,(H,20,23). The van der Waals surface area contributed by atoms with Crippen molar-refractivity contribution < 1.29 is 14.3 Å². The van der Waals surface area contributed by atoms with Gasteiger partial charge in [-0.1, -0.05) is 18.9 Å². The van der Waals surface area contributed by atoms with Gasteiger partial charge in [0, 0.05) is 13.0 Å². The van der Waals surface area contributed by atoms with Crippen LogP contribution in [-0.4, -0.2) is 36.9 Å².